The van der Waals surface area contributed by atoms with Gasteiger partial charge >= 0.3 is 0 Å². The third-order valence-electron chi connectivity index (χ3n) is 3.78. The van der Waals surface area contributed by atoms with Gasteiger partial charge in [0.2, 0.25) is 0 Å². The third-order valence-corrected chi connectivity index (χ3v) is 4.32. The van der Waals surface area contributed by atoms with Crippen molar-refractivity contribution in [2.75, 3.05) is 11.9 Å². The van der Waals surface area contributed by atoms with Crippen molar-refractivity contribution in [2.45, 2.75) is 25.3 Å². The molecule has 1 amide bonds. The molecule has 2 heterocycles. The van der Waals surface area contributed by atoms with Crippen molar-refractivity contribution in [3.8, 4) is 0 Å². The maximum absolute atomic E-state index is 12.5. The van der Waals surface area contributed by atoms with Crippen molar-refractivity contribution in [3.05, 3.63) is 29.8 Å². The fourth-order valence-corrected chi connectivity index (χ4v) is 3.03. The smallest absolute Gasteiger partial charge is 0.256 e. The predicted octanol–water partition coefficient (Wildman–Crippen LogP) is 2.43. The zero-order valence-electron chi connectivity index (χ0n) is 9.69. The highest BCUT2D eigenvalue weighted by atomic mass is 32.1. The Bertz CT molecular complexity index is 514. The molecule has 88 valence electrons. The van der Waals surface area contributed by atoms with Crippen molar-refractivity contribution < 1.29 is 4.79 Å². The highest BCUT2D eigenvalue weighted by Gasteiger charge is 2.45. The first-order chi connectivity index (χ1) is 8.13. The molecule has 4 heteroatoms. The SMILES string of the molecule is C[C@@]12CCCN1C(=O)c1ccccc1NC2=S. The third kappa shape index (κ3) is 1.40. The number of benzene rings is 1. The highest BCUT2D eigenvalue weighted by Crippen LogP contribution is 2.36. The maximum Gasteiger partial charge on any atom is 0.256 e. The van der Waals surface area contributed by atoms with Gasteiger partial charge in [-0.1, -0.05) is 24.4 Å². The Labute approximate surface area is 106 Å². The molecule has 1 saturated heterocycles. The zero-order chi connectivity index (χ0) is 12.0. The van der Waals surface area contributed by atoms with E-state index in [0.29, 0.717) is 0 Å². The van der Waals surface area contributed by atoms with Gasteiger partial charge in [0.05, 0.1) is 16.8 Å². The van der Waals surface area contributed by atoms with E-state index in [0.717, 1.165) is 35.6 Å². The van der Waals surface area contributed by atoms with E-state index in [-0.39, 0.29) is 11.4 Å². The van der Waals surface area contributed by atoms with Crippen LogP contribution in [0.25, 0.3) is 0 Å². The summed E-state index contributed by atoms with van der Waals surface area (Å²) in [5, 5.41) is 3.23. The first-order valence-corrected chi connectivity index (χ1v) is 6.26. The fraction of sp³-hybridized carbons (Fsp3) is 0.385. The molecule has 1 N–H and O–H groups in total. The lowest BCUT2D eigenvalue weighted by Crippen LogP contribution is -2.50. The summed E-state index contributed by atoms with van der Waals surface area (Å²) in [4.78, 5) is 15.2. The molecule has 1 aromatic carbocycles. The number of carbonyl (C=O) groups is 1. The second kappa shape index (κ2) is 3.53. The number of hydrogen-bond acceptors (Lipinski definition) is 2. The maximum atomic E-state index is 12.5. The number of rotatable bonds is 0. The molecule has 0 aliphatic carbocycles. The van der Waals surface area contributed by atoms with E-state index in [1.54, 1.807) is 0 Å². The summed E-state index contributed by atoms with van der Waals surface area (Å²) in [5.41, 5.74) is 1.24. The molecule has 1 aromatic rings. The van der Waals surface area contributed by atoms with Gasteiger partial charge in [-0.25, -0.2) is 0 Å². The normalized spacial score (nSPS) is 27.2. The van der Waals surface area contributed by atoms with Gasteiger partial charge in [-0.05, 0) is 31.9 Å². The first kappa shape index (κ1) is 10.7. The fourth-order valence-electron chi connectivity index (χ4n) is 2.71. The summed E-state index contributed by atoms with van der Waals surface area (Å²) in [6.07, 6.45) is 1.96. The second-order valence-electron chi connectivity index (χ2n) is 4.83. The van der Waals surface area contributed by atoms with E-state index in [9.17, 15) is 4.79 Å². The molecule has 0 saturated carbocycles. The average Bonchev–Trinajstić information content (AvgIpc) is 2.69. The standard InChI is InChI=1S/C13H14N2OS/c1-13-7-4-8-15(13)11(16)9-5-2-3-6-10(9)14-12(13)17/h2-3,5-6H,4,7-8H2,1H3,(H,14,17)/t13-/m0/s1. The zero-order valence-corrected chi connectivity index (χ0v) is 10.5. The van der Waals surface area contributed by atoms with Gasteiger partial charge in [0.1, 0.15) is 4.99 Å². The van der Waals surface area contributed by atoms with Gasteiger partial charge in [-0.2, -0.15) is 0 Å². The number of para-hydroxylation sites is 1. The molecule has 2 aliphatic rings. The Hall–Kier alpha value is -1.42. The van der Waals surface area contributed by atoms with Crippen LogP contribution in [0.5, 0.6) is 0 Å². The molecule has 1 fully saturated rings. The van der Waals surface area contributed by atoms with Crippen molar-refractivity contribution in [3.63, 3.8) is 0 Å². The van der Waals surface area contributed by atoms with Crippen LogP contribution in [-0.2, 0) is 0 Å². The molecule has 0 aromatic heterocycles. The van der Waals surface area contributed by atoms with Gasteiger partial charge in [-0.15, -0.1) is 0 Å². The Kier molecular flexibility index (Phi) is 2.23. The molecule has 0 unspecified atom stereocenters. The minimum Gasteiger partial charge on any atom is -0.347 e. The summed E-state index contributed by atoms with van der Waals surface area (Å²) in [6.45, 7) is 2.85. The van der Waals surface area contributed by atoms with Crippen LogP contribution < -0.4 is 5.32 Å². The van der Waals surface area contributed by atoms with Crippen LogP contribution >= 0.6 is 12.2 Å². The molecule has 0 radical (unpaired) electrons. The van der Waals surface area contributed by atoms with E-state index in [1.165, 1.54) is 0 Å². The summed E-state index contributed by atoms with van der Waals surface area (Å²) in [7, 11) is 0. The summed E-state index contributed by atoms with van der Waals surface area (Å²) >= 11 is 5.47. The van der Waals surface area contributed by atoms with Gasteiger partial charge in [0, 0.05) is 6.54 Å². The lowest BCUT2D eigenvalue weighted by Gasteiger charge is -2.33. The molecule has 0 spiro atoms. The number of amides is 1. The van der Waals surface area contributed by atoms with Gasteiger partial charge in [0.25, 0.3) is 5.91 Å². The van der Waals surface area contributed by atoms with Crippen LogP contribution in [-0.4, -0.2) is 27.9 Å². The molecule has 2 aliphatic heterocycles. The monoisotopic (exact) mass is 246 g/mol. The molecular weight excluding hydrogens is 232 g/mol. The minimum absolute atomic E-state index is 0.0907. The van der Waals surface area contributed by atoms with Crippen molar-refractivity contribution >= 4 is 28.8 Å². The lowest BCUT2D eigenvalue weighted by atomic mass is 9.99. The summed E-state index contributed by atoms with van der Waals surface area (Å²) < 4.78 is 0. The van der Waals surface area contributed by atoms with Crippen LogP contribution in [0.3, 0.4) is 0 Å². The first-order valence-electron chi connectivity index (χ1n) is 5.85. The number of anilines is 1. The average molecular weight is 246 g/mol. The number of hydrogen-bond donors (Lipinski definition) is 1. The second-order valence-corrected chi connectivity index (χ2v) is 5.24. The largest absolute Gasteiger partial charge is 0.347 e. The summed E-state index contributed by atoms with van der Waals surface area (Å²) in [5.74, 6) is 0.0907. The van der Waals surface area contributed by atoms with E-state index < -0.39 is 0 Å². The molecule has 3 rings (SSSR count). The van der Waals surface area contributed by atoms with E-state index in [4.69, 9.17) is 12.2 Å². The Morgan fingerprint density at radius 2 is 2.18 bits per heavy atom. The molecule has 17 heavy (non-hydrogen) atoms. The number of thiocarbonyl (C=S) groups is 1. The molecular formula is C13H14N2OS. The van der Waals surface area contributed by atoms with Gasteiger partial charge in [-0.3, -0.25) is 4.79 Å². The Morgan fingerprint density at radius 1 is 1.41 bits per heavy atom. The van der Waals surface area contributed by atoms with Crippen LogP contribution in [0.15, 0.2) is 24.3 Å². The summed E-state index contributed by atoms with van der Waals surface area (Å²) in [6, 6.07) is 7.57. The predicted molar refractivity (Wildman–Crippen MR) is 71.3 cm³/mol. The minimum atomic E-state index is -0.314. The number of nitrogens with zero attached hydrogens (tertiary/aromatic N) is 1. The van der Waals surface area contributed by atoms with Crippen LogP contribution in [0.1, 0.15) is 30.1 Å². The number of nitrogens with one attached hydrogen (secondary N) is 1. The van der Waals surface area contributed by atoms with E-state index >= 15 is 0 Å². The van der Waals surface area contributed by atoms with Gasteiger partial charge in [0.15, 0.2) is 0 Å². The molecule has 1 atom stereocenters. The van der Waals surface area contributed by atoms with Gasteiger partial charge < -0.3 is 10.2 Å². The van der Waals surface area contributed by atoms with Crippen molar-refractivity contribution in [1.82, 2.24) is 4.90 Å². The van der Waals surface area contributed by atoms with E-state index in [2.05, 4.69) is 12.2 Å². The van der Waals surface area contributed by atoms with Crippen LogP contribution in [0, 0.1) is 0 Å². The molecule has 3 nitrogen and oxygen atoms in total. The quantitative estimate of drug-likeness (QED) is 0.714. The van der Waals surface area contributed by atoms with E-state index in [1.807, 2.05) is 29.2 Å². The molecule has 0 bridgehead atoms. The number of fused-ring (bicyclic) bond motifs is 2. The Balaban J connectivity index is 2.16. The van der Waals surface area contributed by atoms with Crippen LogP contribution in [0.2, 0.25) is 0 Å². The topological polar surface area (TPSA) is 32.3 Å². The van der Waals surface area contributed by atoms with Crippen LogP contribution in [0.4, 0.5) is 5.69 Å². The van der Waals surface area contributed by atoms with Crippen molar-refractivity contribution in [2.24, 2.45) is 0 Å². The lowest BCUT2D eigenvalue weighted by molar-refractivity contribution is 0.0711. The number of carbonyl (C=O) groups excluding carboxylic acids is 1. The Morgan fingerprint density at radius 3 is 3.00 bits per heavy atom. The van der Waals surface area contributed by atoms with Crippen molar-refractivity contribution in [1.29, 1.82) is 0 Å². The highest BCUT2D eigenvalue weighted by molar-refractivity contribution is 7.80.